The van der Waals surface area contributed by atoms with Crippen molar-refractivity contribution < 1.29 is 14.7 Å². The van der Waals surface area contributed by atoms with Gasteiger partial charge in [-0.05, 0) is 42.4 Å². The van der Waals surface area contributed by atoms with Crippen LogP contribution in [0.4, 0.5) is 4.79 Å². The molecule has 0 saturated heterocycles. The molecule has 0 aliphatic heterocycles. The standard InChI is InChI=1S/C16H20N2O3/c19-14(20)12-5-3-11(4-6-12)10-17-15(21)18-13-9-16(13)7-1-2-8-16/h3-6,13H,1-2,7-10H2,(H,19,20)(H2,17,18,21). The molecular weight excluding hydrogens is 268 g/mol. The summed E-state index contributed by atoms with van der Waals surface area (Å²) in [7, 11) is 0. The molecule has 1 unspecified atom stereocenters. The van der Waals surface area contributed by atoms with Gasteiger partial charge in [0.05, 0.1) is 5.56 Å². The van der Waals surface area contributed by atoms with Crippen LogP contribution in [0, 0.1) is 5.41 Å². The molecule has 5 heteroatoms. The van der Waals surface area contributed by atoms with Crippen LogP contribution in [0.2, 0.25) is 0 Å². The minimum Gasteiger partial charge on any atom is -0.478 e. The smallest absolute Gasteiger partial charge is 0.335 e. The van der Waals surface area contributed by atoms with Crippen molar-refractivity contribution in [1.82, 2.24) is 10.6 Å². The highest BCUT2D eigenvalue weighted by Gasteiger charge is 2.55. The van der Waals surface area contributed by atoms with Crippen molar-refractivity contribution in [1.29, 1.82) is 0 Å². The normalized spacial score (nSPS) is 22.0. The summed E-state index contributed by atoms with van der Waals surface area (Å²) in [5.41, 5.74) is 1.55. The summed E-state index contributed by atoms with van der Waals surface area (Å²) in [4.78, 5) is 22.6. The second kappa shape index (κ2) is 5.39. The van der Waals surface area contributed by atoms with E-state index < -0.39 is 5.97 Å². The maximum Gasteiger partial charge on any atom is 0.335 e. The fraction of sp³-hybridized carbons (Fsp3) is 0.500. The Bertz CT molecular complexity index is 547. The summed E-state index contributed by atoms with van der Waals surface area (Å²) in [5, 5.41) is 14.7. The maximum atomic E-state index is 11.9. The van der Waals surface area contributed by atoms with Gasteiger partial charge in [-0.2, -0.15) is 0 Å². The van der Waals surface area contributed by atoms with Crippen LogP contribution in [0.5, 0.6) is 0 Å². The third-order valence-corrected chi connectivity index (χ3v) is 4.75. The van der Waals surface area contributed by atoms with Crippen molar-refractivity contribution in [2.75, 3.05) is 0 Å². The van der Waals surface area contributed by atoms with Crippen LogP contribution in [0.25, 0.3) is 0 Å². The van der Waals surface area contributed by atoms with Crippen molar-refractivity contribution in [3.05, 3.63) is 35.4 Å². The number of carbonyl (C=O) groups is 2. The van der Waals surface area contributed by atoms with Crippen LogP contribution in [0.3, 0.4) is 0 Å². The Hall–Kier alpha value is -2.04. The van der Waals surface area contributed by atoms with Crippen molar-refractivity contribution in [2.24, 2.45) is 5.41 Å². The van der Waals surface area contributed by atoms with E-state index in [0.29, 0.717) is 18.0 Å². The van der Waals surface area contributed by atoms with Crippen LogP contribution < -0.4 is 10.6 Å². The molecule has 3 N–H and O–H groups in total. The van der Waals surface area contributed by atoms with Gasteiger partial charge in [0.1, 0.15) is 0 Å². The highest BCUT2D eigenvalue weighted by molar-refractivity contribution is 5.87. The molecule has 1 aromatic carbocycles. The fourth-order valence-corrected chi connectivity index (χ4v) is 3.34. The summed E-state index contributed by atoms with van der Waals surface area (Å²) >= 11 is 0. The Balaban J connectivity index is 1.44. The fourth-order valence-electron chi connectivity index (χ4n) is 3.34. The van der Waals surface area contributed by atoms with E-state index in [2.05, 4.69) is 10.6 Å². The van der Waals surface area contributed by atoms with Crippen LogP contribution in [-0.4, -0.2) is 23.1 Å². The molecule has 0 radical (unpaired) electrons. The van der Waals surface area contributed by atoms with Gasteiger partial charge < -0.3 is 15.7 Å². The van der Waals surface area contributed by atoms with E-state index in [1.807, 2.05) is 0 Å². The Morgan fingerprint density at radius 2 is 1.86 bits per heavy atom. The topological polar surface area (TPSA) is 78.4 Å². The maximum absolute atomic E-state index is 11.9. The minimum absolute atomic E-state index is 0.133. The molecular formula is C16H20N2O3. The summed E-state index contributed by atoms with van der Waals surface area (Å²) in [6.45, 7) is 0.408. The Morgan fingerprint density at radius 3 is 2.48 bits per heavy atom. The third kappa shape index (κ3) is 3.01. The van der Waals surface area contributed by atoms with E-state index in [4.69, 9.17) is 5.11 Å². The molecule has 1 spiro atoms. The molecule has 2 aliphatic carbocycles. The first-order valence-corrected chi connectivity index (χ1v) is 7.46. The van der Waals surface area contributed by atoms with Gasteiger partial charge in [0.25, 0.3) is 0 Å². The van der Waals surface area contributed by atoms with Gasteiger partial charge in [0, 0.05) is 12.6 Å². The minimum atomic E-state index is -0.942. The number of carbonyl (C=O) groups excluding carboxylic acids is 1. The predicted octanol–water partition coefficient (Wildman–Crippen LogP) is 2.52. The van der Waals surface area contributed by atoms with E-state index in [1.54, 1.807) is 24.3 Å². The van der Waals surface area contributed by atoms with Crippen LogP contribution in [-0.2, 0) is 6.54 Å². The number of benzene rings is 1. The van der Waals surface area contributed by atoms with E-state index in [-0.39, 0.29) is 11.6 Å². The average Bonchev–Trinajstić information content (AvgIpc) is 2.91. The SMILES string of the molecule is O=C(NCc1ccc(C(=O)O)cc1)NC1CC12CCCC2. The molecule has 5 nitrogen and oxygen atoms in total. The number of amides is 2. The Kier molecular flexibility index (Phi) is 3.57. The number of rotatable bonds is 4. The molecule has 0 bridgehead atoms. The zero-order valence-electron chi connectivity index (χ0n) is 11.9. The van der Waals surface area contributed by atoms with Crippen LogP contribution in [0.15, 0.2) is 24.3 Å². The first-order chi connectivity index (χ1) is 10.1. The molecule has 2 amide bonds. The molecule has 3 rings (SSSR count). The third-order valence-electron chi connectivity index (χ3n) is 4.75. The van der Waals surface area contributed by atoms with E-state index in [1.165, 1.54) is 25.7 Å². The largest absolute Gasteiger partial charge is 0.478 e. The molecule has 2 aliphatic rings. The van der Waals surface area contributed by atoms with Gasteiger partial charge >= 0.3 is 12.0 Å². The van der Waals surface area contributed by atoms with Crippen LogP contribution >= 0.6 is 0 Å². The van der Waals surface area contributed by atoms with Crippen molar-refractivity contribution in [3.63, 3.8) is 0 Å². The Labute approximate surface area is 123 Å². The number of hydrogen-bond acceptors (Lipinski definition) is 2. The molecule has 2 saturated carbocycles. The molecule has 0 aromatic heterocycles. The summed E-state index contributed by atoms with van der Waals surface area (Å²) < 4.78 is 0. The molecule has 1 aromatic rings. The zero-order valence-corrected chi connectivity index (χ0v) is 11.9. The zero-order chi connectivity index (χ0) is 14.9. The van der Waals surface area contributed by atoms with Crippen molar-refractivity contribution >= 4 is 12.0 Å². The lowest BCUT2D eigenvalue weighted by atomic mass is 10.1. The summed E-state index contributed by atoms with van der Waals surface area (Å²) in [6.07, 6.45) is 6.18. The van der Waals surface area contributed by atoms with Crippen molar-refractivity contribution in [2.45, 2.75) is 44.7 Å². The Morgan fingerprint density at radius 1 is 1.19 bits per heavy atom. The van der Waals surface area contributed by atoms with E-state index >= 15 is 0 Å². The van der Waals surface area contributed by atoms with E-state index in [0.717, 1.165) is 12.0 Å². The van der Waals surface area contributed by atoms with Gasteiger partial charge in [0.2, 0.25) is 0 Å². The molecule has 1 atom stereocenters. The molecule has 21 heavy (non-hydrogen) atoms. The van der Waals surface area contributed by atoms with E-state index in [9.17, 15) is 9.59 Å². The number of hydrogen-bond donors (Lipinski definition) is 3. The molecule has 112 valence electrons. The number of carboxylic acids is 1. The average molecular weight is 288 g/mol. The number of urea groups is 1. The quantitative estimate of drug-likeness (QED) is 0.796. The first kappa shape index (κ1) is 13.9. The monoisotopic (exact) mass is 288 g/mol. The number of nitrogens with one attached hydrogen (secondary N) is 2. The van der Waals surface area contributed by atoms with Gasteiger partial charge in [0.15, 0.2) is 0 Å². The highest BCUT2D eigenvalue weighted by Crippen LogP contribution is 2.57. The van der Waals surface area contributed by atoms with Crippen LogP contribution in [0.1, 0.15) is 48.0 Å². The van der Waals surface area contributed by atoms with Gasteiger partial charge in [-0.15, -0.1) is 0 Å². The van der Waals surface area contributed by atoms with Gasteiger partial charge in [-0.1, -0.05) is 25.0 Å². The van der Waals surface area contributed by atoms with Gasteiger partial charge in [-0.3, -0.25) is 0 Å². The summed E-state index contributed by atoms with van der Waals surface area (Å²) in [6, 6.07) is 6.75. The molecule has 0 heterocycles. The highest BCUT2D eigenvalue weighted by atomic mass is 16.4. The predicted molar refractivity (Wildman–Crippen MR) is 78.1 cm³/mol. The lowest BCUT2D eigenvalue weighted by molar-refractivity contribution is 0.0697. The second-order valence-corrected chi connectivity index (χ2v) is 6.16. The molecule has 2 fully saturated rings. The summed E-state index contributed by atoms with van der Waals surface area (Å²) in [5.74, 6) is -0.942. The second-order valence-electron chi connectivity index (χ2n) is 6.16. The first-order valence-electron chi connectivity index (χ1n) is 7.46. The van der Waals surface area contributed by atoms with Crippen molar-refractivity contribution in [3.8, 4) is 0 Å². The number of carboxylic acid groups (broad SMARTS) is 1. The van der Waals surface area contributed by atoms with Gasteiger partial charge in [-0.25, -0.2) is 9.59 Å². The lowest BCUT2D eigenvalue weighted by Crippen LogP contribution is -2.38. The number of aromatic carboxylic acids is 1. The lowest BCUT2D eigenvalue weighted by Gasteiger charge is -2.11.